The van der Waals surface area contributed by atoms with E-state index in [1.54, 1.807) is 0 Å². The number of nitrogens with two attached hydrogens (primary N) is 1. The van der Waals surface area contributed by atoms with Gasteiger partial charge < -0.3 is 15.4 Å². The first kappa shape index (κ1) is 12.3. The summed E-state index contributed by atoms with van der Waals surface area (Å²) in [6.45, 7) is 6.58. The van der Waals surface area contributed by atoms with Crippen LogP contribution in [0, 0.1) is 5.92 Å². The molecule has 1 aliphatic carbocycles. The monoisotopic (exact) mass is 226 g/mol. The molecule has 2 aliphatic rings. The van der Waals surface area contributed by atoms with Crippen LogP contribution >= 0.6 is 0 Å². The Morgan fingerprint density at radius 3 is 2.81 bits per heavy atom. The molecule has 0 aromatic heterocycles. The fourth-order valence-electron chi connectivity index (χ4n) is 2.49. The van der Waals surface area contributed by atoms with E-state index in [9.17, 15) is 0 Å². The van der Waals surface area contributed by atoms with Crippen molar-refractivity contribution < 1.29 is 4.74 Å². The second-order valence-electron chi connectivity index (χ2n) is 5.54. The van der Waals surface area contributed by atoms with Crippen LogP contribution in [0.2, 0.25) is 0 Å². The molecule has 0 spiro atoms. The van der Waals surface area contributed by atoms with E-state index in [0.717, 1.165) is 32.0 Å². The van der Waals surface area contributed by atoms with Crippen molar-refractivity contribution in [2.75, 3.05) is 26.3 Å². The maximum absolute atomic E-state index is 5.95. The predicted molar refractivity (Wildman–Crippen MR) is 66.4 cm³/mol. The molecule has 0 aromatic rings. The molecule has 3 nitrogen and oxygen atoms in total. The summed E-state index contributed by atoms with van der Waals surface area (Å²) in [6.07, 6.45) is 6.27. The molecule has 0 radical (unpaired) electrons. The van der Waals surface area contributed by atoms with Crippen LogP contribution in [0.5, 0.6) is 0 Å². The first-order chi connectivity index (χ1) is 7.75. The molecule has 0 aromatic carbocycles. The summed E-state index contributed by atoms with van der Waals surface area (Å²) in [7, 11) is 0. The Kier molecular flexibility index (Phi) is 4.62. The number of piperidine rings is 1. The first-order valence-corrected chi connectivity index (χ1v) is 6.83. The molecule has 1 aliphatic heterocycles. The van der Waals surface area contributed by atoms with Crippen LogP contribution in [0.1, 0.15) is 39.0 Å². The highest BCUT2D eigenvalue weighted by Crippen LogP contribution is 2.28. The van der Waals surface area contributed by atoms with Crippen LogP contribution < -0.4 is 5.73 Å². The van der Waals surface area contributed by atoms with E-state index in [1.807, 2.05) is 0 Å². The van der Waals surface area contributed by atoms with Gasteiger partial charge in [0.1, 0.15) is 0 Å². The standard InChI is InChI=1S/C13H26N2O/c1-11-9-13(14)5-7-15(11)6-2-8-16-10-12-3-4-12/h11-13H,2-10,14H2,1H3. The van der Waals surface area contributed by atoms with Gasteiger partial charge in [-0.3, -0.25) is 0 Å². The third-order valence-electron chi connectivity index (χ3n) is 3.84. The van der Waals surface area contributed by atoms with Crippen LogP contribution in [0.3, 0.4) is 0 Å². The number of hydrogen-bond acceptors (Lipinski definition) is 3. The Hall–Kier alpha value is -0.120. The lowest BCUT2D eigenvalue weighted by Crippen LogP contribution is -2.45. The highest BCUT2D eigenvalue weighted by molar-refractivity contribution is 4.80. The quantitative estimate of drug-likeness (QED) is 0.699. The van der Waals surface area contributed by atoms with E-state index in [1.165, 1.54) is 32.4 Å². The van der Waals surface area contributed by atoms with Crippen molar-refractivity contribution in [1.29, 1.82) is 0 Å². The summed E-state index contributed by atoms with van der Waals surface area (Å²) in [6, 6.07) is 1.09. The molecule has 2 fully saturated rings. The molecule has 3 heteroatoms. The van der Waals surface area contributed by atoms with Crippen LogP contribution in [-0.2, 0) is 4.74 Å². The van der Waals surface area contributed by atoms with E-state index in [0.29, 0.717) is 12.1 Å². The van der Waals surface area contributed by atoms with Crippen molar-refractivity contribution in [3.63, 3.8) is 0 Å². The predicted octanol–water partition coefficient (Wildman–Crippen LogP) is 1.61. The summed E-state index contributed by atoms with van der Waals surface area (Å²) in [5.41, 5.74) is 5.95. The molecule has 2 rings (SSSR count). The van der Waals surface area contributed by atoms with E-state index in [2.05, 4.69) is 11.8 Å². The zero-order valence-corrected chi connectivity index (χ0v) is 10.5. The fourth-order valence-corrected chi connectivity index (χ4v) is 2.49. The van der Waals surface area contributed by atoms with E-state index in [4.69, 9.17) is 10.5 Å². The van der Waals surface area contributed by atoms with E-state index < -0.39 is 0 Å². The SMILES string of the molecule is CC1CC(N)CCN1CCCOCC1CC1. The number of likely N-dealkylation sites (tertiary alicyclic amines) is 1. The zero-order chi connectivity index (χ0) is 11.4. The highest BCUT2D eigenvalue weighted by atomic mass is 16.5. The molecule has 16 heavy (non-hydrogen) atoms. The molecule has 1 saturated heterocycles. The Labute approximate surface area is 99.3 Å². The molecular formula is C13H26N2O. The van der Waals surface area contributed by atoms with Crippen molar-refractivity contribution in [1.82, 2.24) is 4.90 Å². The molecule has 94 valence electrons. The minimum Gasteiger partial charge on any atom is -0.381 e. The van der Waals surface area contributed by atoms with Crippen molar-refractivity contribution in [2.24, 2.45) is 11.7 Å². The molecule has 2 atom stereocenters. The summed E-state index contributed by atoms with van der Waals surface area (Å²) in [5, 5.41) is 0. The summed E-state index contributed by atoms with van der Waals surface area (Å²) in [5.74, 6) is 0.895. The lowest BCUT2D eigenvalue weighted by Gasteiger charge is -2.36. The molecule has 1 heterocycles. The average Bonchev–Trinajstić information content (AvgIpc) is 3.04. The minimum atomic E-state index is 0.428. The van der Waals surface area contributed by atoms with E-state index >= 15 is 0 Å². The minimum absolute atomic E-state index is 0.428. The topological polar surface area (TPSA) is 38.5 Å². The largest absolute Gasteiger partial charge is 0.381 e. The number of nitrogens with zero attached hydrogens (tertiary/aromatic N) is 1. The van der Waals surface area contributed by atoms with Crippen LogP contribution in [0.4, 0.5) is 0 Å². The van der Waals surface area contributed by atoms with Crippen LogP contribution in [-0.4, -0.2) is 43.3 Å². The lowest BCUT2D eigenvalue weighted by atomic mass is 9.99. The smallest absolute Gasteiger partial charge is 0.0494 e. The van der Waals surface area contributed by atoms with Gasteiger partial charge in [0, 0.05) is 31.8 Å². The van der Waals surface area contributed by atoms with Gasteiger partial charge in [0.2, 0.25) is 0 Å². The Morgan fingerprint density at radius 1 is 1.31 bits per heavy atom. The summed E-state index contributed by atoms with van der Waals surface area (Å²) < 4.78 is 5.65. The van der Waals surface area contributed by atoms with Gasteiger partial charge in [-0.25, -0.2) is 0 Å². The van der Waals surface area contributed by atoms with Gasteiger partial charge in [-0.05, 0) is 51.5 Å². The maximum atomic E-state index is 5.95. The van der Waals surface area contributed by atoms with Crippen molar-refractivity contribution in [3.8, 4) is 0 Å². The van der Waals surface area contributed by atoms with Gasteiger partial charge in [0.25, 0.3) is 0 Å². The fraction of sp³-hybridized carbons (Fsp3) is 1.00. The second-order valence-corrected chi connectivity index (χ2v) is 5.54. The van der Waals surface area contributed by atoms with Crippen molar-refractivity contribution in [2.45, 2.75) is 51.1 Å². The molecule has 2 unspecified atom stereocenters. The van der Waals surface area contributed by atoms with Crippen molar-refractivity contribution in [3.05, 3.63) is 0 Å². The zero-order valence-electron chi connectivity index (χ0n) is 10.5. The molecule has 0 bridgehead atoms. The molecular weight excluding hydrogens is 200 g/mol. The van der Waals surface area contributed by atoms with E-state index in [-0.39, 0.29) is 0 Å². The Balaban J connectivity index is 1.51. The highest BCUT2D eigenvalue weighted by Gasteiger charge is 2.23. The van der Waals surface area contributed by atoms with Gasteiger partial charge in [-0.1, -0.05) is 0 Å². The van der Waals surface area contributed by atoms with Crippen molar-refractivity contribution >= 4 is 0 Å². The first-order valence-electron chi connectivity index (χ1n) is 6.83. The summed E-state index contributed by atoms with van der Waals surface area (Å²) in [4.78, 5) is 2.56. The Bertz CT molecular complexity index is 206. The second kappa shape index (κ2) is 5.99. The summed E-state index contributed by atoms with van der Waals surface area (Å²) >= 11 is 0. The normalized spacial score (nSPS) is 31.9. The van der Waals surface area contributed by atoms with Crippen LogP contribution in [0.25, 0.3) is 0 Å². The average molecular weight is 226 g/mol. The lowest BCUT2D eigenvalue weighted by molar-refractivity contribution is 0.0942. The maximum Gasteiger partial charge on any atom is 0.0494 e. The number of hydrogen-bond donors (Lipinski definition) is 1. The molecule has 2 N–H and O–H groups in total. The van der Waals surface area contributed by atoms with Crippen LogP contribution in [0.15, 0.2) is 0 Å². The molecule has 1 saturated carbocycles. The third-order valence-corrected chi connectivity index (χ3v) is 3.84. The van der Waals surface area contributed by atoms with Gasteiger partial charge in [0.05, 0.1) is 0 Å². The van der Waals surface area contributed by atoms with Gasteiger partial charge in [-0.15, -0.1) is 0 Å². The number of ether oxygens (including phenoxy) is 1. The third kappa shape index (κ3) is 4.04. The number of rotatable bonds is 6. The van der Waals surface area contributed by atoms with Gasteiger partial charge >= 0.3 is 0 Å². The Morgan fingerprint density at radius 2 is 2.12 bits per heavy atom. The van der Waals surface area contributed by atoms with Gasteiger partial charge in [0.15, 0.2) is 0 Å². The van der Waals surface area contributed by atoms with Gasteiger partial charge in [-0.2, -0.15) is 0 Å². The molecule has 0 amide bonds.